The van der Waals surface area contributed by atoms with Crippen LogP contribution in [-0.4, -0.2) is 13.0 Å². The number of hydrogen-bond acceptors (Lipinski definition) is 2. The summed E-state index contributed by atoms with van der Waals surface area (Å²) in [4.78, 5) is 13.3. The number of nitrogens with zero attached hydrogens (tertiary/aromatic N) is 2. The number of hydrogen-bond donors (Lipinski definition) is 0. The maximum absolute atomic E-state index is 11.6. The average Bonchev–Trinajstić information content (AvgIpc) is 2.40. The molecule has 1 aliphatic heterocycles. The molecule has 1 unspecified atom stereocenters. The molecule has 0 radical (unpaired) electrons. The largest absolute Gasteiger partial charge is 0.315 e. The van der Waals surface area contributed by atoms with Gasteiger partial charge in [0.05, 0.1) is 12.0 Å². The van der Waals surface area contributed by atoms with E-state index in [2.05, 4.69) is 12.1 Å². The van der Waals surface area contributed by atoms with E-state index in [4.69, 9.17) is 5.26 Å². The van der Waals surface area contributed by atoms with E-state index in [0.29, 0.717) is 6.42 Å². The maximum Gasteiger partial charge on any atom is 0.227 e. The van der Waals surface area contributed by atoms with Crippen LogP contribution in [0, 0.1) is 17.2 Å². The molecule has 0 bridgehead atoms. The molecule has 2 rings (SSSR count). The van der Waals surface area contributed by atoms with Gasteiger partial charge in [0, 0.05) is 19.2 Å². The highest BCUT2D eigenvalue weighted by atomic mass is 16.2. The van der Waals surface area contributed by atoms with Gasteiger partial charge in [-0.15, -0.1) is 0 Å². The summed E-state index contributed by atoms with van der Waals surface area (Å²) in [6.45, 7) is 2.04. The fourth-order valence-electron chi connectivity index (χ4n) is 2.40. The molecule has 18 heavy (non-hydrogen) atoms. The summed E-state index contributed by atoms with van der Waals surface area (Å²) in [5.74, 6) is 0.268. The van der Waals surface area contributed by atoms with Crippen LogP contribution in [0.2, 0.25) is 0 Å². The van der Waals surface area contributed by atoms with Crippen molar-refractivity contribution in [1.82, 2.24) is 0 Å². The maximum atomic E-state index is 11.6. The van der Waals surface area contributed by atoms with E-state index in [0.717, 1.165) is 24.9 Å². The summed E-state index contributed by atoms with van der Waals surface area (Å²) >= 11 is 0. The number of carbonyl (C=O) groups is 1. The predicted molar refractivity (Wildman–Crippen MR) is 71.3 cm³/mol. The highest BCUT2D eigenvalue weighted by molar-refractivity contribution is 5.95. The van der Waals surface area contributed by atoms with Gasteiger partial charge in [-0.1, -0.05) is 19.1 Å². The number of aryl methyl sites for hydroxylation is 1. The molecule has 3 heteroatoms. The van der Waals surface area contributed by atoms with Gasteiger partial charge in [-0.25, -0.2) is 0 Å². The number of amides is 1. The van der Waals surface area contributed by atoms with Crippen molar-refractivity contribution in [3.05, 3.63) is 29.3 Å². The Labute approximate surface area is 108 Å². The van der Waals surface area contributed by atoms with E-state index in [1.165, 1.54) is 11.1 Å². The van der Waals surface area contributed by atoms with Crippen LogP contribution in [0.4, 0.5) is 5.69 Å². The fourth-order valence-corrected chi connectivity index (χ4v) is 2.40. The number of benzene rings is 1. The molecule has 1 aromatic rings. The van der Waals surface area contributed by atoms with Gasteiger partial charge in [0.25, 0.3) is 0 Å². The van der Waals surface area contributed by atoms with Crippen LogP contribution in [0.5, 0.6) is 0 Å². The molecule has 0 fully saturated rings. The van der Waals surface area contributed by atoms with Gasteiger partial charge in [0.15, 0.2) is 0 Å². The Morgan fingerprint density at radius 2 is 2.22 bits per heavy atom. The second-order valence-corrected chi connectivity index (χ2v) is 4.85. The molecule has 1 heterocycles. The van der Waals surface area contributed by atoms with Crippen molar-refractivity contribution in [2.24, 2.45) is 5.92 Å². The van der Waals surface area contributed by atoms with Gasteiger partial charge in [0.2, 0.25) is 5.91 Å². The van der Waals surface area contributed by atoms with E-state index in [9.17, 15) is 4.79 Å². The summed E-state index contributed by atoms with van der Waals surface area (Å²) in [7, 11) is 1.82. The summed E-state index contributed by atoms with van der Waals surface area (Å²) in [6, 6.07) is 8.52. The lowest BCUT2D eigenvalue weighted by Gasteiger charge is -2.26. The van der Waals surface area contributed by atoms with Gasteiger partial charge in [0.1, 0.15) is 0 Å². The lowest BCUT2D eigenvalue weighted by atomic mass is 9.93. The highest BCUT2D eigenvalue weighted by Crippen LogP contribution is 2.28. The molecule has 0 aliphatic carbocycles. The third kappa shape index (κ3) is 2.38. The monoisotopic (exact) mass is 242 g/mol. The fraction of sp³-hybridized carbons (Fsp3) is 0.467. The predicted octanol–water partition coefficient (Wildman–Crippen LogP) is 2.69. The zero-order valence-electron chi connectivity index (χ0n) is 10.9. The van der Waals surface area contributed by atoms with Crippen molar-refractivity contribution in [3.8, 4) is 6.07 Å². The molecular formula is C15H18N2O. The van der Waals surface area contributed by atoms with Crippen molar-refractivity contribution < 1.29 is 4.79 Å². The topological polar surface area (TPSA) is 44.1 Å². The summed E-state index contributed by atoms with van der Waals surface area (Å²) in [6.07, 6.45) is 3.09. The van der Waals surface area contributed by atoms with Crippen molar-refractivity contribution in [2.45, 2.75) is 32.6 Å². The van der Waals surface area contributed by atoms with Crippen LogP contribution in [0.15, 0.2) is 18.2 Å². The summed E-state index contributed by atoms with van der Waals surface area (Å²) in [5.41, 5.74) is 3.44. The first-order chi connectivity index (χ1) is 8.65. The van der Waals surface area contributed by atoms with Crippen LogP contribution in [-0.2, 0) is 17.6 Å². The SMILES string of the molecule is CCC(C#N)Cc1ccc2c(c1)CCC(=O)N2C. The third-order valence-electron chi connectivity index (χ3n) is 3.65. The molecule has 94 valence electrons. The van der Waals surface area contributed by atoms with Crippen molar-refractivity contribution in [1.29, 1.82) is 5.26 Å². The first-order valence-corrected chi connectivity index (χ1v) is 6.43. The van der Waals surface area contributed by atoms with Crippen molar-refractivity contribution >= 4 is 11.6 Å². The molecule has 1 aliphatic rings. The minimum atomic E-state index is 0.0889. The van der Waals surface area contributed by atoms with E-state index in [1.807, 2.05) is 26.1 Å². The number of carbonyl (C=O) groups excluding carboxylic acids is 1. The Morgan fingerprint density at radius 3 is 2.89 bits per heavy atom. The Hall–Kier alpha value is -1.82. The van der Waals surface area contributed by atoms with Crippen molar-refractivity contribution in [3.63, 3.8) is 0 Å². The molecule has 0 aromatic heterocycles. The molecule has 1 amide bonds. The van der Waals surface area contributed by atoms with E-state index in [-0.39, 0.29) is 11.8 Å². The number of anilines is 1. The summed E-state index contributed by atoms with van der Waals surface area (Å²) in [5, 5.41) is 9.00. The number of fused-ring (bicyclic) bond motifs is 1. The Morgan fingerprint density at radius 1 is 1.44 bits per heavy atom. The van der Waals surface area contributed by atoms with Crippen LogP contribution in [0.3, 0.4) is 0 Å². The van der Waals surface area contributed by atoms with Crippen LogP contribution >= 0.6 is 0 Å². The Bertz CT molecular complexity index is 502. The van der Waals surface area contributed by atoms with E-state index >= 15 is 0 Å². The second-order valence-electron chi connectivity index (χ2n) is 4.85. The minimum Gasteiger partial charge on any atom is -0.315 e. The first-order valence-electron chi connectivity index (χ1n) is 6.43. The molecule has 0 saturated carbocycles. The quantitative estimate of drug-likeness (QED) is 0.818. The molecular weight excluding hydrogens is 224 g/mol. The first kappa shape index (κ1) is 12.6. The van der Waals surface area contributed by atoms with Gasteiger partial charge < -0.3 is 4.90 Å². The molecule has 0 saturated heterocycles. The third-order valence-corrected chi connectivity index (χ3v) is 3.65. The minimum absolute atomic E-state index is 0.0889. The van der Waals surface area contributed by atoms with Crippen LogP contribution in [0.1, 0.15) is 30.9 Å². The lowest BCUT2D eigenvalue weighted by Crippen LogP contribution is -2.31. The smallest absolute Gasteiger partial charge is 0.227 e. The van der Waals surface area contributed by atoms with Crippen molar-refractivity contribution in [2.75, 3.05) is 11.9 Å². The van der Waals surface area contributed by atoms with Gasteiger partial charge in [-0.3, -0.25) is 4.79 Å². The Balaban J connectivity index is 2.23. The Kier molecular flexibility index (Phi) is 3.66. The van der Waals surface area contributed by atoms with E-state index in [1.54, 1.807) is 4.90 Å². The molecule has 1 aromatic carbocycles. The van der Waals surface area contributed by atoms with Gasteiger partial charge in [-0.05, 0) is 36.5 Å². The highest BCUT2D eigenvalue weighted by Gasteiger charge is 2.21. The lowest BCUT2D eigenvalue weighted by molar-refractivity contribution is -0.118. The molecule has 1 atom stereocenters. The zero-order valence-corrected chi connectivity index (χ0v) is 10.9. The normalized spacial score (nSPS) is 16.1. The zero-order chi connectivity index (χ0) is 13.1. The van der Waals surface area contributed by atoms with Gasteiger partial charge >= 0.3 is 0 Å². The second kappa shape index (κ2) is 5.22. The van der Waals surface area contributed by atoms with E-state index < -0.39 is 0 Å². The molecule has 0 spiro atoms. The van der Waals surface area contributed by atoms with Gasteiger partial charge in [-0.2, -0.15) is 5.26 Å². The molecule has 3 nitrogen and oxygen atoms in total. The standard InChI is InChI=1S/C15H18N2O/c1-3-11(10-16)8-12-4-6-14-13(9-12)5-7-15(18)17(14)2/h4,6,9,11H,3,5,7-8H2,1-2H3. The van der Waals surface area contributed by atoms with Crippen LogP contribution in [0.25, 0.3) is 0 Å². The average molecular weight is 242 g/mol. The summed E-state index contributed by atoms with van der Waals surface area (Å²) < 4.78 is 0. The number of rotatable bonds is 3. The number of nitriles is 1. The van der Waals surface area contributed by atoms with Crippen LogP contribution < -0.4 is 4.90 Å². The molecule has 0 N–H and O–H groups in total.